The summed E-state index contributed by atoms with van der Waals surface area (Å²) in [5.74, 6) is 0.217. The monoisotopic (exact) mass is 301 g/mol. The number of hydrogen-bond donors (Lipinski definition) is 1. The van der Waals surface area contributed by atoms with Crippen LogP contribution in [0.1, 0.15) is 6.92 Å². The smallest absolute Gasteiger partial charge is 0.330 e. The molecule has 5 nitrogen and oxygen atoms in total. The fourth-order valence-electron chi connectivity index (χ4n) is 1.07. The fourth-order valence-corrected chi connectivity index (χ4v) is 1.59. The average molecular weight is 302 g/mol. The van der Waals surface area contributed by atoms with Crippen molar-refractivity contribution in [3.05, 3.63) is 22.7 Å². The van der Waals surface area contributed by atoms with E-state index in [1.807, 2.05) is 0 Å². The van der Waals surface area contributed by atoms with E-state index in [1.54, 1.807) is 25.3 Å². The quantitative estimate of drug-likeness (QED) is 0.676. The molecule has 6 heteroatoms. The van der Waals surface area contributed by atoms with Crippen molar-refractivity contribution in [3.63, 3.8) is 0 Å². The Morgan fingerprint density at radius 3 is 2.65 bits per heavy atom. The van der Waals surface area contributed by atoms with E-state index < -0.39 is 5.97 Å². The van der Waals surface area contributed by atoms with Crippen LogP contribution >= 0.6 is 15.9 Å². The lowest BCUT2D eigenvalue weighted by atomic mass is 10.3. The van der Waals surface area contributed by atoms with E-state index in [9.17, 15) is 9.59 Å². The van der Waals surface area contributed by atoms with Crippen LogP contribution in [-0.2, 0) is 9.59 Å². The van der Waals surface area contributed by atoms with Crippen LogP contribution in [0.25, 0.3) is 0 Å². The molecule has 0 aliphatic carbocycles. The number of hydrogen-bond acceptors (Lipinski definition) is 4. The van der Waals surface area contributed by atoms with Gasteiger partial charge in [0.15, 0.2) is 0 Å². The highest BCUT2D eigenvalue weighted by Gasteiger charge is 2.07. The van der Waals surface area contributed by atoms with E-state index in [0.29, 0.717) is 16.0 Å². The summed E-state index contributed by atoms with van der Waals surface area (Å²) in [6, 6.07) is 4.89. The van der Waals surface area contributed by atoms with Crippen molar-refractivity contribution in [2.75, 3.05) is 13.7 Å². The predicted octanol–water partition coefficient (Wildman–Crippen LogP) is 1.50. The molecule has 92 valence electrons. The summed E-state index contributed by atoms with van der Waals surface area (Å²) in [5, 5.41) is 2.35. The Hall–Kier alpha value is -1.56. The summed E-state index contributed by atoms with van der Waals surface area (Å²) in [6.45, 7) is 1.18. The van der Waals surface area contributed by atoms with Gasteiger partial charge in [0.1, 0.15) is 18.0 Å². The van der Waals surface area contributed by atoms with E-state index in [-0.39, 0.29) is 12.5 Å². The summed E-state index contributed by atoms with van der Waals surface area (Å²) in [7, 11) is 1.54. The van der Waals surface area contributed by atoms with Gasteiger partial charge >= 0.3 is 5.97 Å². The van der Waals surface area contributed by atoms with Gasteiger partial charge in [0, 0.05) is 6.92 Å². The van der Waals surface area contributed by atoms with Crippen molar-refractivity contribution >= 4 is 27.8 Å². The molecule has 0 spiro atoms. The Bertz CT molecular complexity index is 433. The highest BCUT2D eigenvalue weighted by molar-refractivity contribution is 9.10. The molecule has 0 saturated carbocycles. The van der Waals surface area contributed by atoms with Gasteiger partial charge in [0.2, 0.25) is 5.91 Å². The first-order chi connectivity index (χ1) is 8.02. The largest absolute Gasteiger partial charge is 0.496 e. The number of halogens is 1. The molecule has 0 atom stereocenters. The summed E-state index contributed by atoms with van der Waals surface area (Å²) < 4.78 is 10.7. The second-order valence-electron chi connectivity index (χ2n) is 3.18. The van der Waals surface area contributed by atoms with Crippen LogP contribution in [0, 0.1) is 0 Å². The molecule has 17 heavy (non-hydrogen) atoms. The highest BCUT2D eigenvalue weighted by atomic mass is 79.9. The highest BCUT2D eigenvalue weighted by Crippen LogP contribution is 2.28. The van der Waals surface area contributed by atoms with Crippen molar-refractivity contribution in [2.24, 2.45) is 0 Å². The number of esters is 1. The number of nitrogens with one attached hydrogen (secondary N) is 1. The normalized spacial score (nSPS) is 9.59. The minimum atomic E-state index is -0.530. The van der Waals surface area contributed by atoms with Crippen LogP contribution in [0.5, 0.6) is 11.5 Å². The summed E-state index contributed by atoms with van der Waals surface area (Å²) in [4.78, 5) is 21.9. The average Bonchev–Trinajstić information content (AvgIpc) is 2.26. The molecule has 0 aromatic heterocycles. The van der Waals surface area contributed by atoms with Gasteiger partial charge in [0.05, 0.1) is 11.6 Å². The third kappa shape index (κ3) is 4.44. The molecule has 0 aliphatic rings. The molecule has 0 unspecified atom stereocenters. The van der Waals surface area contributed by atoms with Crippen molar-refractivity contribution in [3.8, 4) is 11.5 Å². The molecule has 0 saturated heterocycles. The van der Waals surface area contributed by atoms with E-state index in [2.05, 4.69) is 21.2 Å². The number of carbonyl (C=O) groups excluding carboxylic acids is 2. The lowest BCUT2D eigenvalue weighted by Gasteiger charge is -2.07. The zero-order valence-electron chi connectivity index (χ0n) is 9.45. The zero-order valence-corrected chi connectivity index (χ0v) is 11.0. The Morgan fingerprint density at radius 2 is 2.12 bits per heavy atom. The molecule has 1 aromatic carbocycles. The van der Waals surface area contributed by atoms with Gasteiger partial charge in [0.25, 0.3) is 0 Å². The van der Waals surface area contributed by atoms with E-state index in [1.165, 1.54) is 6.92 Å². The Kier molecular flexibility index (Phi) is 4.96. The maximum absolute atomic E-state index is 11.3. The summed E-state index contributed by atoms with van der Waals surface area (Å²) in [6.07, 6.45) is 0. The molecule has 1 aromatic rings. The Labute approximate surface area is 107 Å². The van der Waals surface area contributed by atoms with Crippen LogP contribution in [0.4, 0.5) is 0 Å². The Morgan fingerprint density at radius 1 is 1.41 bits per heavy atom. The van der Waals surface area contributed by atoms with Gasteiger partial charge in [-0.25, -0.2) is 4.79 Å². The molecule has 0 radical (unpaired) electrons. The van der Waals surface area contributed by atoms with Gasteiger partial charge in [-0.1, -0.05) is 0 Å². The fraction of sp³-hybridized carbons (Fsp3) is 0.273. The molecule has 0 fully saturated rings. The van der Waals surface area contributed by atoms with Crippen LogP contribution in [-0.4, -0.2) is 25.5 Å². The molecule has 1 rings (SSSR count). The number of rotatable bonds is 4. The molecule has 0 heterocycles. The van der Waals surface area contributed by atoms with Crippen molar-refractivity contribution in [1.29, 1.82) is 0 Å². The minimum absolute atomic E-state index is 0.154. The number of carbonyl (C=O) groups is 2. The molecular weight excluding hydrogens is 290 g/mol. The second kappa shape index (κ2) is 6.24. The first kappa shape index (κ1) is 13.5. The maximum Gasteiger partial charge on any atom is 0.330 e. The molecule has 1 amide bonds. The third-order valence-electron chi connectivity index (χ3n) is 1.84. The molecule has 0 aliphatic heterocycles. The van der Waals surface area contributed by atoms with Gasteiger partial charge in [-0.3, -0.25) is 4.79 Å². The lowest BCUT2D eigenvalue weighted by molar-refractivity contribution is -0.135. The second-order valence-corrected chi connectivity index (χ2v) is 4.03. The summed E-state index contributed by atoms with van der Waals surface area (Å²) >= 11 is 3.27. The predicted molar refractivity (Wildman–Crippen MR) is 65.0 cm³/mol. The number of ether oxygens (including phenoxy) is 2. The topological polar surface area (TPSA) is 64.6 Å². The standard InChI is InChI=1S/C11H12BrNO4/c1-7(14)13-6-11(15)17-8-3-4-10(16-2)9(12)5-8/h3-5H,6H2,1-2H3,(H,13,14). The summed E-state index contributed by atoms with van der Waals surface area (Å²) in [5.41, 5.74) is 0. The van der Waals surface area contributed by atoms with Gasteiger partial charge in [-0.05, 0) is 34.1 Å². The zero-order chi connectivity index (χ0) is 12.8. The van der Waals surface area contributed by atoms with Crippen LogP contribution in [0.2, 0.25) is 0 Å². The van der Waals surface area contributed by atoms with Crippen LogP contribution < -0.4 is 14.8 Å². The number of benzene rings is 1. The van der Waals surface area contributed by atoms with Crippen molar-refractivity contribution in [1.82, 2.24) is 5.32 Å². The molecule has 1 N–H and O–H groups in total. The van der Waals surface area contributed by atoms with Crippen LogP contribution in [0.15, 0.2) is 22.7 Å². The van der Waals surface area contributed by atoms with Crippen molar-refractivity contribution in [2.45, 2.75) is 6.92 Å². The number of amides is 1. The van der Waals surface area contributed by atoms with Gasteiger partial charge in [-0.15, -0.1) is 0 Å². The molecular formula is C11H12BrNO4. The molecule has 0 bridgehead atoms. The SMILES string of the molecule is COc1ccc(OC(=O)CNC(C)=O)cc1Br. The lowest BCUT2D eigenvalue weighted by Crippen LogP contribution is -2.29. The third-order valence-corrected chi connectivity index (χ3v) is 2.46. The van der Waals surface area contributed by atoms with E-state index in [4.69, 9.17) is 9.47 Å². The van der Waals surface area contributed by atoms with Gasteiger partial charge < -0.3 is 14.8 Å². The Balaban J connectivity index is 2.60. The van der Waals surface area contributed by atoms with Crippen molar-refractivity contribution < 1.29 is 19.1 Å². The first-order valence-electron chi connectivity index (χ1n) is 4.81. The van der Waals surface area contributed by atoms with Crippen LogP contribution in [0.3, 0.4) is 0 Å². The van der Waals surface area contributed by atoms with E-state index in [0.717, 1.165) is 0 Å². The maximum atomic E-state index is 11.3. The minimum Gasteiger partial charge on any atom is -0.496 e. The van der Waals surface area contributed by atoms with Gasteiger partial charge in [-0.2, -0.15) is 0 Å². The number of methoxy groups -OCH3 is 1. The van der Waals surface area contributed by atoms with E-state index >= 15 is 0 Å². The first-order valence-corrected chi connectivity index (χ1v) is 5.61.